The van der Waals surface area contributed by atoms with Gasteiger partial charge in [0.15, 0.2) is 0 Å². The highest BCUT2D eigenvalue weighted by Crippen LogP contribution is 2.36. The maximum absolute atomic E-state index is 12.5. The van der Waals surface area contributed by atoms with Crippen LogP contribution in [0, 0.1) is 5.92 Å². The molecule has 24 heavy (non-hydrogen) atoms. The molecule has 124 valence electrons. The normalized spacial score (nSPS) is 20.4. The first-order valence-electron chi connectivity index (χ1n) is 8.09. The monoisotopic (exact) mass is 326 g/mol. The first-order chi connectivity index (χ1) is 11.7. The number of carbonyl (C=O) groups is 2. The lowest BCUT2D eigenvalue weighted by Gasteiger charge is -2.16. The van der Waals surface area contributed by atoms with Crippen LogP contribution in [0.2, 0.25) is 0 Å². The number of anilines is 1. The second kappa shape index (κ2) is 6.03. The summed E-state index contributed by atoms with van der Waals surface area (Å²) in [7, 11) is 0. The van der Waals surface area contributed by atoms with Crippen molar-refractivity contribution in [1.82, 2.24) is 24.6 Å². The predicted molar refractivity (Wildman–Crippen MR) is 84.7 cm³/mol. The van der Waals surface area contributed by atoms with Crippen molar-refractivity contribution < 1.29 is 9.59 Å². The van der Waals surface area contributed by atoms with Crippen LogP contribution in [0.5, 0.6) is 0 Å². The van der Waals surface area contributed by atoms with Crippen molar-refractivity contribution in [3.05, 3.63) is 36.4 Å². The van der Waals surface area contributed by atoms with Crippen LogP contribution in [0.4, 0.5) is 5.95 Å². The van der Waals surface area contributed by atoms with Gasteiger partial charge in [-0.05, 0) is 25.0 Å². The topological polar surface area (TPSA) is 93.0 Å². The summed E-state index contributed by atoms with van der Waals surface area (Å²) in [5.74, 6) is -0.102. The zero-order valence-corrected chi connectivity index (χ0v) is 13.1. The van der Waals surface area contributed by atoms with E-state index < -0.39 is 0 Å². The zero-order chi connectivity index (χ0) is 16.5. The molecule has 2 fully saturated rings. The van der Waals surface area contributed by atoms with E-state index >= 15 is 0 Å². The number of pyridine rings is 1. The van der Waals surface area contributed by atoms with Crippen LogP contribution in [0.1, 0.15) is 31.0 Å². The number of hydrogen-bond acceptors (Lipinski definition) is 5. The first-order valence-corrected chi connectivity index (χ1v) is 8.09. The van der Waals surface area contributed by atoms with Gasteiger partial charge in [-0.25, -0.2) is 0 Å². The molecule has 1 N–H and O–H groups in total. The van der Waals surface area contributed by atoms with E-state index in [9.17, 15) is 9.59 Å². The average Bonchev–Trinajstić information content (AvgIpc) is 3.22. The molecule has 0 radical (unpaired) electrons. The van der Waals surface area contributed by atoms with Gasteiger partial charge in [-0.2, -0.15) is 0 Å². The standard InChI is InChI=1S/C16H18N6O2/c23-14-7-11(8-21(14)9-12-3-1-2-6-17-12)15(24)19-16-20-18-10-22(16)13-4-5-13/h1-3,6,10-11,13H,4-5,7-9H2,(H,19,20,24). The quantitative estimate of drug-likeness (QED) is 0.884. The third kappa shape index (κ3) is 2.99. The Bertz CT molecular complexity index is 755. The molecule has 1 unspecified atom stereocenters. The summed E-state index contributed by atoms with van der Waals surface area (Å²) in [6.07, 6.45) is 5.73. The molecule has 1 aliphatic heterocycles. The van der Waals surface area contributed by atoms with E-state index in [1.807, 2.05) is 22.8 Å². The van der Waals surface area contributed by atoms with E-state index in [4.69, 9.17) is 0 Å². The van der Waals surface area contributed by atoms with E-state index in [-0.39, 0.29) is 24.2 Å². The minimum atomic E-state index is -0.370. The second-order valence-corrected chi connectivity index (χ2v) is 6.28. The molecule has 0 aromatic carbocycles. The maximum Gasteiger partial charge on any atom is 0.232 e. The number of aromatic nitrogens is 4. The largest absolute Gasteiger partial charge is 0.336 e. The zero-order valence-electron chi connectivity index (χ0n) is 13.1. The smallest absolute Gasteiger partial charge is 0.232 e. The van der Waals surface area contributed by atoms with E-state index in [0.29, 0.717) is 25.1 Å². The van der Waals surface area contributed by atoms with Crippen LogP contribution < -0.4 is 5.32 Å². The van der Waals surface area contributed by atoms with Gasteiger partial charge in [0, 0.05) is 25.2 Å². The summed E-state index contributed by atoms with van der Waals surface area (Å²) in [6, 6.07) is 5.99. The fourth-order valence-corrected chi connectivity index (χ4v) is 2.95. The third-order valence-electron chi connectivity index (χ3n) is 4.41. The molecule has 1 saturated heterocycles. The van der Waals surface area contributed by atoms with Crippen LogP contribution in [0.15, 0.2) is 30.7 Å². The molecule has 2 amide bonds. The van der Waals surface area contributed by atoms with Gasteiger partial charge in [0.05, 0.1) is 18.2 Å². The van der Waals surface area contributed by atoms with Crippen LogP contribution in [-0.2, 0) is 16.1 Å². The summed E-state index contributed by atoms with van der Waals surface area (Å²) in [4.78, 5) is 30.5. The van der Waals surface area contributed by atoms with Gasteiger partial charge in [-0.15, -0.1) is 10.2 Å². The number of nitrogens with zero attached hydrogens (tertiary/aromatic N) is 5. The SMILES string of the molecule is O=C(Nc1nncn1C1CC1)C1CC(=O)N(Cc2ccccn2)C1. The lowest BCUT2D eigenvalue weighted by atomic mass is 10.1. The van der Waals surface area contributed by atoms with Crippen molar-refractivity contribution in [2.24, 2.45) is 5.92 Å². The molecular weight excluding hydrogens is 308 g/mol. The van der Waals surface area contributed by atoms with E-state index in [0.717, 1.165) is 18.5 Å². The van der Waals surface area contributed by atoms with Gasteiger partial charge in [0.2, 0.25) is 17.8 Å². The van der Waals surface area contributed by atoms with Crippen LogP contribution >= 0.6 is 0 Å². The Balaban J connectivity index is 1.39. The highest BCUT2D eigenvalue weighted by Gasteiger charge is 2.35. The molecule has 1 saturated carbocycles. The van der Waals surface area contributed by atoms with Crippen molar-refractivity contribution in [2.75, 3.05) is 11.9 Å². The molecule has 4 rings (SSSR count). The van der Waals surface area contributed by atoms with Gasteiger partial charge in [-0.1, -0.05) is 6.07 Å². The van der Waals surface area contributed by atoms with Crippen molar-refractivity contribution in [3.8, 4) is 0 Å². The van der Waals surface area contributed by atoms with E-state index in [1.165, 1.54) is 0 Å². The minimum absolute atomic E-state index is 0.0236. The van der Waals surface area contributed by atoms with Crippen molar-refractivity contribution in [2.45, 2.75) is 31.8 Å². The summed E-state index contributed by atoms with van der Waals surface area (Å²) in [5, 5.41) is 10.6. The van der Waals surface area contributed by atoms with Gasteiger partial charge >= 0.3 is 0 Å². The van der Waals surface area contributed by atoms with Crippen LogP contribution in [-0.4, -0.2) is 43.0 Å². The molecule has 1 aliphatic carbocycles. The van der Waals surface area contributed by atoms with Crippen molar-refractivity contribution in [3.63, 3.8) is 0 Å². The van der Waals surface area contributed by atoms with Gasteiger partial charge in [-0.3, -0.25) is 24.5 Å². The first kappa shape index (κ1) is 14.8. The number of hydrogen-bond donors (Lipinski definition) is 1. The Labute approximate surface area is 138 Å². The van der Waals surface area contributed by atoms with Crippen molar-refractivity contribution >= 4 is 17.8 Å². The van der Waals surface area contributed by atoms with Crippen molar-refractivity contribution in [1.29, 1.82) is 0 Å². The van der Waals surface area contributed by atoms with Gasteiger partial charge < -0.3 is 4.90 Å². The summed E-state index contributed by atoms with van der Waals surface area (Å²) in [5.41, 5.74) is 0.820. The molecule has 8 nitrogen and oxygen atoms in total. The lowest BCUT2D eigenvalue weighted by Crippen LogP contribution is -2.29. The summed E-state index contributed by atoms with van der Waals surface area (Å²) >= 11 is 0. The molecule has 2 aromatic heterocycles. The molecule has 2 aliphatic rings. The third-order valence-corrected chi connectivity index (χ3v) is 4.41. The molecule has 2 aromatic rings. The number of carbonyl (C=O) groups excluding carboxylic acids is 2. The summed E-state index contributed by atoms with van der Waals surface area (Å²) < 4.78 is 1.89. The summed E-state index contributed by atoms with van der Waals surface area (Å²) in [6.45, 7) is 0.834. The van der Waals surface area contributed by atoms with Gasteiger partial charge in [0.1, 0.15) is 6.33 Å². The molecule has 3 heterocycles. The van der Waals surface area contributed by atoms with E-state index in [1.54, 1.807) is 17.4 Å². The predicted octanol–water partition coefficient (Wildman–Crippen LogP) is 0.995. The van der Waals surface area contributed by atoms with Crippen LogP contribution in [0.3, 0.4) is 0 Å². The lowest BCUT2D eigenvalue weighted by molar-refractivity contribution is -0.128. The Kier molecular flexibility index (Phi) is 3.72. The molecule has 8 heteroatoms. The molecule has 0 bridgehead atoms. The molecule has 1 atom stereocenters. The maximum atomic E-state index is 12.5. The molecular formula is C16H18N6O2. The minimum Gasteiger partial charge on any atom is -0.336 e. The number of nitrogens with one attached hydrogen (secondary N) is 1. The Hall–Kier alpha value is -2.77. The number of likely N-dealkylation sites (tertiary alicyclic amines) is 1. The Morgan fingerprint density at radius 3 is 2.96 bits per heavy atom. The van der Waals surface area contributed by atoms with E-state index in [2.05, 4.69) is 20.5 Å². The fraction of sp³-hybridized carbons (Fsp3) is 0.438. The highest BCUT2D eigenvalue weighted by molar-refractivity contribution is 5.96. The number of rotatable bonds is 5. The Morgan fingerprint density at radius 2 is 2.21 bits per heavy atom. The number of amides is 2. The molecule has 0 spiro atoms. The highest BCUT2D eigenvalue weighted by atomic mass is 16.2. The Morgan fingerprint density at radius 1 is 1.33 bits per heavy atom. The average molecular weight is 326 g/mol. The van der Waals surface area contributed by atoms with Crippen LogP contribution in [0.25, 0.3) is 0 Å². The van der Waals surface area contributed by atoms with Gasteiger partial charge in [0.25, 0.3) is 0 Å². The second-order valence-electron chi connectivity index (χ2n) is 6.28. The fourth-order valence-electron chi connectivity index (χ4n) is 2.95.